The summed E-state index contributed by atoms with van der Waals surface area (Å²) in [7, 11) is 0. The highest BCUT2D eigenvalue weighted by Crippen LogP contribution is 2.30. The van der Waals surface area contributed by atoms with Crippen LogP contribution in [0.5, 0.6) is 0 Å². The van der Waals surface area contributed by atoms with Crippen LogP contribution in [0.2, 0.25) is 0 Å². The molecule has 2 atom stereocenters. The SMILES string of the molecule is CCC1CC(C(=O)O)CCN1c1ccc([N+](=O)[O-])cc1. The number of non-ortho nitro benzene ring substituents is 1. The monoisotopic (exact) mass is 278 g/mol. The predicted octanol–water partition coefficient (Wildman–Crippen LogP) is 2.67. The third kappa shape index (κ3) is 2.89. The second-order valence-electron chi connectivity index (χ2n) is 5.09. The van der Waals surface area contributed by atoms with E-state index >= 15 is 0 Å². The van der Waals surface area contributed by atoms with Crippen molar-refractivity contribution in [2.75, 3.05) is 11.4 Å². The fraction of sp³-hybridized carbons (Fsp3) is 0.500. The molecule has 6 heteroatoms. The van der Waals surface area contributed by atoms with Crippen molar-refractivity contribution in [3.8, 4) is 0 Å². The Kier molecular flexibility index (Phi) is 4.22. The van der Waals surface area contributed by atoms with E-state index in [0.29, 0.717) is 19.4 Å². The summed E-state index contributed by atoms with van der Waals surface area (Å²) in [6, 6.07) is 6.63. The van der Waals surface area contributed by atoms with Gasteiger partial charge in [-0.25, -0.2) is 0 Å². The second-order valence-corrected chi connectivity index (χ2v) is 5.09. The van der Waals surface area contributed by atoms with Crippen LogP contribution in [0.1, 0.15) is 26.2 Å². The van der Waals surface area contributed by atoms with Crippen LogP contribution in [0.15, 0.2) is 24.3 Å². The van der Waals surface area contributed by atoms with Crippen LogP contribution in [0.4, 0.5) is 11.4 Å². The van der Waals surface area contributed by atoms with Gasteiger partial charge in [-0.15, -0.1) is 0 Å². The third-order valence-corrected chi connectivity index (χ3v) is 3.93. The lowest BCUT2D eigenvalue weighted by molar-refractivity contribution is -0.384. The van der Waals surface area contributed by atoms with Crippen molar-refractivity contribution in [1.29, 1.82) is 0 Å². The summed E-state index contributed by atoms with van der Waals surface area (Å²) in [5.74, 6) is -1.01. The molecule has 1 fully saturated rings. The van der Waals surface area contributed by atoms with Gasteiger partial charge in [-0.2, -0.15) is 0 Å². The zero-order valence-electron chi connectivity index (χ0n) is 11.4. The van der Waals surface area contributed by atoms with Crippen molar-refractivity contribution >= 4 is 17.3 Å². The Morgan fingerprint density at radius 1 is 1.45 bits per heavy atom. The van der Waals surface area contributed by atoms with Gasteiger partial charge in [0.1, 0.15) is 0 Å². The van der Waals surface area contributed by atoms with Gasteiger partial charge >= 0.3 is 5.97 Å². The molecular weight excluding hydrogens is 260 g/mol. The third-order valence-electron chi connectivity index (χ3n) is 3.93. The van der Waals surface area contributed by atoms with Crippen molar-refractivity contribution in [1.82, 2.24) is 0 Å². The maximum absolute atomic E-state index is 11.1. The number of carbonyl (C=O) groups is 1. The van der Waals surface area contributed by atoms with Crippen molar-refractivity contribution in [3.05, 3.63) is 34.4 Å². The van der Waals surface area contributed by atoms with Crippen LogP contribution in [-0.4, -0.2) is 28.6 Å². The summed E-state index contributed by atoms with van der Waals surface area (Å²) in [5, 5.41) is 19.8. The first kappa shape index (κ1) is 14.3. The molecule has 0 saturated carbocycles. The van der Waals surface area contributed by atoms with E-state index in [9.17, 15) is 14.9 Å². The van der Waals surface area contributed by atoms with Gasteiger partial charge < -0.3 is 10.0 Å². The zero-order chi connectivity index (χ0) is 14.7. The molecule has 1 aromatic rings. The molecule has 2 rings (SSSR count). The average molecular weight is 278 g/mol. The van der Waals surface area contributed by atoms with Gasteiger partial charge in [-0.05, 0) is 31.4 Å². The van der Waals surface area contributed by atoms with E-state index in [1.165, 1.54) is 12.1 Å². The van der Waals surface area contributed by atoms with Gasteiger partial charge in [-0.3, -0.25) is 14.9 Å². The maximum Gasteiger partial charge on any atom is 0.306 e. The fourth-order valence-corrected chi connectivity index (χ4v) is 2.77. The number of rotatable bonds is 4. The molecule has 6 nitrogen and oxygen atoms in total. The minimum absolute atomic E-state index is 0.0715. The molecule has 1 aliphatic heterocycles. The fourth-order valence-electron chi connectivity index (χ4n) is 2.77. The molecular formula is C14H18N2O4. The summed E-state index contributed by atoms with van der Waals surface area (Å²) < 4.78 is 0. The van der Waals surface area contributed by atoms with Crippen LogP contribution < -0.4 is 4.90 Å². The molecule has 1 heterocycles. The molecule has 108 valence electrons. The van der Waals surface area contributed by atoms with Crippen molar-refractivity contribution in [2.24, 2.45) is 5.92 Å². The highest BCUT2D eigenvalue weighted by Gasteiger charge is 2.31. The quantitative estimate of drug-likeness (QED) is 0.676. The standard InChI is InChI=1S/C14H18N2O4/c1-2-11-9-10(14(17)18)7-8-15(11)12-3-5-13(6-4-12)16(19)20/h3-6,10-11H,2,7-9H2,1H3,(H,17,18). The van der Waals surface area contributed by atoms with E-state index in [1.807, 2.05) is 6.92 Å². The number of benzene rings is 1. The molecule has 1 aliphatic rings. The number of nitro groups is 1. The molecule has 0 radical (unpaired) electrons. The van der Waals surface area contributed by atoms with E-state index in [2.05, 4.69) is 4.90 Å². The zero-order valence-corrected chi connectivity index (χ0v) is 11.4. The van der Waals surface area contributed by atoms with Crippen LogP contribution in [-0.2, 0) is 4.79 Å². The average Bonchev–Trinajstić information content (AvgIpc) is 2.46. The van der Waals surface area contributed by atoms with E-state index in [4.69, 9.17) is 5.11 Å². The lowest BCUT2D eigenvalue weighted by atomic mass is 9.89. The number of carboxylic acids is 1. The number of nitrogens with zero attached hydrogens (tertiary/aromatic N) is 2. The van der Waals surface area contributed by atoms with E-state index in [0.717, 1.165) is 12.1 Å². The van der Waals surface area contributed by atoms with Gasteiger partial charge in [0, 0.05) is 30.4 Å². The topological polar surface area (TPSA) is 83.7 Å². The highest BCUT2D eigenvalue weighted by atomic mass is 16.6. The molecule has 1 aromatic carbocycles. The van der Waals surface area contributed by atoms with Gasteiger partial charge in [0.05, 0.1) is 10.8 Å². The van der Waals surface area contributed by atoms with Gasteiger partial charge in [0.25, 0.3) is 5.69 Å². The highest BCUT2D eigenvalue weighted by molar-refractivity contribution is 5.70. The van der Waals surface area contributed by atoms with Crippen molar-refractivity contribution in [2.45, 2.75) is 32.2 Å². The lowest BCUT2D eigenvalue weighted by Gasteiger charge is -2.39. The number of piperidine rings is 1. The number of aliphatic carboxylic acids is 1. The number of nitro benzene ring substituents is 1. The Labute approximate surface area is 117 Å². The summed E-state index contributed by atoms with van der Waals surface area (Å²) in [5.41, 5.74) is 0.994. The molecule has 0 aliphatic carbocycles. The summed E-state index contributed by atoms with van der Waals surface area (Å²) >= 11 is 0. The molecule has 0 bridgehead atoms. The Morgan fingerprint density at radius 2 is 2.10 bits per heavy atom. The van der Waals surface area contributed by atoms with Crippen LogP contribution >= 0.6 is 0 Å². The molecule has 1 N–H and O–H groups in total. The Morgan fingerprint density at radius 3 is 2.60 bits per heavy atom. The minimum atomic E-state index is -0.730. The van der Waals surface area contributed by atoms with Crippen molar-refractivity contribution in [3.63, 3.8) is 0 Å². The minimum Gasteiger partial charge on any atom is -0.481 e. The molecule has 20 heavy (non-hydrogen) atoms. The normalized spacial score (nSPS) is 22.6. The van der Waals surface area contributed by atoms with E-state index in [1.54, 1.807) is 12.1 Å². The molecule has 2 unspecified atom stereocenters. The van der Waals surface area contributed by atoms with Crippen LogP contribution in [0, 0.1) is 16.0 Å². The first-order chi connectivity index (χ1) is 9.52. The first-order valence-electron chi connectivity index (χ1n) is 6.76. The molecule has 0 spiro atoms. The molecule has 0 amide bonds. The van der Waals surface area contributed by atoms with Gasteiger partial charge in [0.15, 0.2) is 0 Å². The number of hydrogen-bond acceptors (Lipinski definition) is 4. The second kappa shape index (κ2) is 5.90. The Bertz CT molecular complexity index is 500. The Balaban J connectivity index is 2.15. The van der Waals surface area contributed by atoms with E-state index in [-0.39, 0.29) is 17.6 Å². The lowest BCUT2D eigenvalue weighted by Crippen LogP contribution is -2.44. The summed E-state index contributed by atoms with van der Waals surface area (Å²) in [4.78, 5) is 23.5. The predicted molar refractivity (Wildman–Crippen MR) is 74.9 cm³/mol. The summed E-state index contributed by atoms with van der Waals surface area (Å²) in [6.45, 7) is 2.71. The maximum atomic E-state index is 11.1. The van der Waals surface area contributed by atoms with Crippen LogP contribution in [0.3, 0.4) is 0 Å². The van der Waals surface area contributed by atoms with E-state index < -0.39 is 10.9 Å². The summed E-state index contributed by atoms with van der Waals surface area (Å²) in [6.07, 6.45) is 2.10. The largest absolute Gasteiger partial charge is 0.481 e. The van der Waals surface area contributed by atoms with Crippen molar-refractivity contribution < 1.29 is 14.8 Å². The number of anilines is 1. The van der Waals surface area contributed by atoms with Gasteiger partial charge in [-0.1, -0.05) is 6.92 Å². The number of hydrogen-bond donors (Lipinski definition) is 1. The Hall–Kier alpha value is -2.11. The number of carboxylic acid groups (broad SMARTS) is 1. The molecule has 1 saturated heterocycles. The van der Waals surface area contributed by atoms with Gasteiger partial charge in [0.2, 0.25) is 0 Å². The molecule has 0 aromatic heterocycles. The smallest absolute Gasteiger partial charge is 0.306 e. The first-order valence-corrected chi connectivity index (χ1v) is 6.76. The van der Waals surface area contributed by atoms with Crippen LogP contribution in [0.25, 0.3) is 0 Å².